The number of rotatable bonds is 4. The number of aromatic nitrogens is 5. The van der Waals surface area contributed by atoms with E-state index in [2.05, 4.69) is 20.5 Å². The van der Waals surface area contributed by atoms with Crippen molar-refractivity contribution in [1.29, 1.82) is 0 Å². The summed E-state index contributed by atoms with van der Waals surface area (Å²) in [5, 5.41) is 12.2. The van der Waals surface area contributed by atoms with Gasteiger partial charge in [-0.2, -0.15) is 4.98 Å². The molecule has 0 unspecified atom stereocenters. The Morgan fingerprint density at radius 1 is 1.21 bits per heavy atom. The monoisotopic (exact) mass is 402 g/mol. The Bertz CT molecular complexity index is 1020. The molecule has 0 aliphatic carbocycles. The number of piperidine rings is 1. The first kappa shape index (κ1) is 19.2. The molecule has 8 nitrogen and oxygen atoms in total. The Hall–Kier alpha value is -3.17. The minimum atomic E-state index is -1.03. The van der Waals surface area contributed by atoms with Gasteiger partial charge in [0.2, 0.25) is 0 Å². The fourth-order valence-electron chi connectivity index (χ4n) is 3.27. The van der Waals surface area contributed by atoms with Crippen LogP contribution in [0.5, 0.6) is 0 Å². The molecule has 152 valence electrons. The van der Waals surface area contributed by atoms with Crippen LogP contribution < -0.4 is 0 Å². The summed E-state index contributed by atoms with van der Waals surface area (Å²) in [5.74, 6) is -1.22. The third kappa shape index (κ3) is 3.87. The first-order valence-corrected chi connectivity index (χ1v) is 9.42. The van der Waals surface area contributed by atoms with Gasteiger partial charge in [0.05, 0.1) is 12.2 Å². The Balaban J connectivity index is 1.40. The Morgan fingerprint density at radius 3 is 2.62 bits per heavy atom. The van der Waals surface area contributed by atoms with Crippen LogP contribution in [0.2, 0.25) is 0 Å². The van der Waals surface area contributed by atoms with Gasteiger partial charge >= 0.3 is 0 Å². The normalized spacial score (nSPS) is 15.3. The van der Waals surface area contributed by atoms with E-state index in [4.69, 9.17) is 4.52 Å². The summed E-state index contributed by atoms with van der Waals surface area (Å²) in [6.45, 7) is 4.91. The van der Waals surface area contributed by atoms with Gasteiger partial charge in [-0.15, -0.1) is 5.10 Å². The minimum absolute atomic E-state index is 0.0674. The summed E-state index contributed by atoms with van der Waals surface area (Å²) in [6.07, 6.45) is 3.09. The lowest BCUT2D eigenvalue weighted by Crippen LogP contribution is -2.39. The number of likely N-dealkylation sites (tertiary alicyclic amines) is 1. The second-order valence-electron chi connectivity index (χ2n) is 7.35. The highest BCUT2D eigenvalue weighted by atomic mass is 19.2. The van der Waals surface area contributed by atoms with Crippen molar-refractivity contribution in [2.24, 2.45) is 0 Å². The van der Waals surface area contributed by atoms with Gasteiger partial charge < -0.3 is 9.42 Å². The summed E-state index contributed by atoms with van der Waals surface area (Å²) in [4.78, 5) is 18.5. The topological polar surface area (TPSA) is 89.9 Å². The fraction of sp³-hybridized carbons (Fsp3) is 0.421. The van der Waals surface area contributed by atoms with Crippen LogP contribution in [0.15, 0.2) is 28.9 Å². The standard InChI is InChI=1S/C19H20F2N6O2/c1-11(2)17-22-18(29-24-17)16-10-27(25-23-16)13-5-7-26(8-6-13)19(28)12-3-4-14(20)15(21)9-12/h3-4,9-11,13H,5-8H2,1-2H3. The van der Waals surface area contributed by atoms with Gasteiger partial charge in [-0.25, -0.2) is 13.5 Å². The second kappa shape index (κ2) is 7.69. The molecule has 2 aromatic heterocycles. The average Bonchev–Trinajstić information content (AvgIpc) is 3.39. The van der Waals surface area contributed by atoms with Crippen molar-refractivity contribution in [3.63, 3.8) is 0 Å². The van der Waals surface area contributed by atoms with Crippen molar-refractivity contribution in [2.45, 2.75) is 38.6 Å². The lowest BCUT2D eigenvalue weighted by Gasteiger charge is -2.31. The molecule has 1 fully saturated rings. The van der Waals surface area contributed by atoms with Crippen LogP contribution in [-0.2, 0) is 0 Å². The summed E-state index contributed by atoms with van der Waals surface area (Å²) < 4.78 is 33.5. The van der Waals surface area contributed by atoms with Crippen molar-refractivity contribution in [3.8, 4) is 11.6 Å². The van der Waals surface area contributed by atoms with Crippen molar-refractivity contribution in [3.05, 3.63) is 47.4 Å². The number of hydrogen-bond acceptors (Lipinski definition) is 6. The van der Waals surface area contributed by atoms with E-state index >= 15 is 0 Å². The van der Waals surface area contributed by atoms with E-state index in [9.17, 15) is 13.6 Å². The van der Waals surface area contributed by atoms with E-state index in [0.29, 0.717) is 43.3 Å². The summed E-state index contributed by atoms with van der Waals surface area (Å²) in [7, 11) is 0. The van der Waals surface area contributed by atoms with Gasteiger partial charge in [0.15, 0.2) is 23.2 Å². The van der Waals surface area contributed by atoms with E-state index in [-0.39, 0.29) is 23.4 Å². The number of benzene rings is 1. The lowest BCUT2D eigenvalue weighted by atomic mass is 10.0. The molecule has 1 aliphatic rings. The van der Waals surface area contributed by atoms with Gasteiger partial charge in [-0.05, 0) is 31.0 Å². The Labute approximate surface area is 165 Å². The summed E-state index contributed by atoms with van der Waals surface area (Å²) in [6, 6.07) is 3.27. The molecule has 0 atom stereocenters. The summed E-state index contributed by atoms with van der Waals surface area (Å²) >= 11 is 0. The molecule has 1 aromatic carbocycles. The fourth-order valence-corrected chi connectivity index (χ4v) is 3.27. The quantitative estimate of drug-likeness (QED) is 0.666. The molecule has 3 aromatic rings. The average molecular weight is 402 g/mol. The van der Waals surface area contributed by atoms with Crippen molar-refractivity contribution < 1.29 is 18.1 Å². The Kier molecular flexibility index (Phi) is 5.08. The molecule has 0 saturated carbocycles. The van der Waals surface area contributed by atoms with E-state index < -0.39 is 11.6 Å². The van der Waals surface area contributed by atoms with Crippen molar-refractivity contribution >= 4 is 5.91 Å². The predicted octanol–water partition coefficient (Wildman–Crippen LogP) is 3.21. The third-order valence-corrected chi connectivity index (χ3v) is 4.98. The van der Waals surface area contributed by atoms with E-state index in [1.165, 1.54) is 6.07 Å². The summed E-state index contributed by atoms with van der Waals surface area (Å²) in [5.41, 5.74) is 0.646. The maximum Gasteiger partial charge on any atom is 0.280 e. The van der Waals surface area contributed by atoms with E-state index in [1.54, 1.807) is 15.8 Å². The van der Waals surface area contributed by atoms with Crippen LogP contribution in [0.25, 0.3) is 11.6 Å². The zero-order valence-corrected chi connectivity index (χ0v) is 16.0. The molecule has 0 N–H and O–H groups in total. The minimum Gasteiger partial charge on any atom is -0.338 e. The number of nitrogens with zero attached hydrogens (tertiary/aromatic N) is 6. The lowest BCUT2D eigenvalue weighted by molar-refractivity contribution is 0.0688. The van der Waals surface area contributed by atoms with E-state index in [0.717, 1.165) is 12.1 Å². The van der Waals surface area contributed by atoms with Gasteiger partial charge in [0, 0.05) is 24.6 Å². The number of hydrogen-bond donors (Lipinski definition) is 0. The number of carbonyl (C=O) groups excluding carboxylic acids is 1. The smallest absolute Gasteiger partial charge is 0.280 e. The molecule has 1 saturated heterocycles. The molecular weight excluding hydrogens is 382 g/mol. The molecule has 10 heteroatoms. The molecule has 1 aliphatic heterocycles. The maximum atomic E-state index is 13.4. The van der Waals surface area contributed by atoms with Gasteiger partial charge in [-0.1, -0.05) is 24.2 Å². The molecule has 3 heterocycles. The van der Waals surface area contributed by atoms with Gasteiger partial charge in [-0.3, -0.25) is 4.79 Å². The number of halogens is 2. The highest BCUT2D eigenvalue weighted by Gasteiger charge is 2.26. The first-order valence-electron chi connectivity index (χ1n) is 9.42. The van der Waals surface area contributed by atoms with Crippen LogP contribution in [0.3, 0.4) is 0 Å². The number of amides is 1. The number of carbonyl (C=O) groups is 1. The molecule has 0 radical (unpaired) electrons. The highest BCUT2D eigenvalue weighted by molar-refractivity contribution is 5.94. The SMILES string of the molecule is CC(C)c1noc(-c2cn(C3CCN(C(=O)c4ccc(F)c(F)c4)CC3)nn2)n1. The molecule has 4 rings (SSSR count). The molecule has 0 bridgehead atoms. The van der Waals surface area contributed by atoms with Gasteiger partial charge in [0.25, 0.3) is 11.8 Å². The second-order valence-corrected chi connectivity index (χ2v) is 7.35. The Morgan fingerprint density at radius 2 is 1.97 bits per heavy atom. The molecule has 29 heavy (non-hydrogen) atoms. The molecule has 0 spiro atoms. The predicted molar refractivity (Wildman–Crippen MR) is 97.9 cm³/mol. The molecular formula is C19H20F2N6O2. The van der Waals surface area contributed by atoms with Crippen LogP contribution >= 0.6 is 0 Å². The largest absolute Gasteiger partial charge is 0.338 e. The molecule has 1 amide bonds. The highest BCUT2D eigenvalue weighted by Crippen LogP contribution is 2.25. The van der Waals surface area contributed by atoms with Crippen LogP contribution in [0.4, 0.5) is 8.78 Å². The van der Waals surface area contributed by atoms with Crippen LogP contribution in [0.1, 0.15) is 54.8 Å². The third-order valence-electron chi connectivity index (χ3n) is 4.98. The maximum absolute atomic E-state index is 13.4. The van der Waals surface area contributed by atoms with Crippen molar-refractivity contribution in [1.82, 2.24) is 30.0 Å². The van der Waals surface area contributed by atoms with Crippen LogP contribution in [0, 0.1) is 11.6 Å². The van der Waals surface area contributed by atoms with Crippen LogP contribution in [-0.4, -0.2) is 49.0 Å². The zero-order chi connectivity index (χ0) is 20.5. The van der Waals surface area contributed by atoms with Crippen molar-refractivity contribution in [2.75, 3.05) is 13.1 Å². The first-order chi connectivity index (χ1) is 13.9. The van der Waals surface area contributed by atoms with E-state index in [1.807, 2.05) is 13.8 Å². The zero-order valence-electron chi connectivity index (χ0n) is 16.0. The van der Waals surface area contributed by atoms with Gasteiger partial charge in [0.1, 0.15) is 0 Å².